The number of rotatable bonds is 3. The van der Waals surface area contributed by atoms with Crippen LogP contribution in [0.25, 0.3) is 15.9 Å². The summed E-state index contributed by atoms with van der Waals surface area (Å²) in [6, 6.07) is 5.91. The molecular formula is C18H18N6S. The highest BCUT2D eigenvalue weighted by Gasteiger charge is 2.23. The third kappa shape index (κ3) is 2.46. The fourth-order valence-electron chi connectivity index (χ4n) is 3.58. The zero-order valence-electron chi connectivity index (χ0n) is 13.9. The molecule has 0 aliphatic heterocycles. The summed E-state index contributed by atoms with van der Waals surface area (Å²) in [6.45, 7) is 2.91. The number of nitrogens with one attached hydrogen (secondary N) is 1. The van der Waals surface area contributed by atoms with E-state index in [1.165, 1.54) is 22.2 Å². The van der Waals surface area contributed by atoms with Crippen LogP contribution in [0.3, 0.4) is 0 Å². The predicted octanol–water partition coefficient (Wildman–Crippen LogP) is 3.47. The van der Waals surface area contributed by atoms with E-state index in [2.05, 4.69) is 32.4 Å². The van der Waals surface area contributed by atoms with Crippen LogP contribution in [0.2, 0.25) is 0 Å². The normalized spacial score (nSPS) is 17.1. The Morgan fingerprint density at radius 3 is 3.20 bits per heavy atom. The second-order valence-corrected chi connectivity index (χ2v) is 7.74. The maximum Gasteiger partial charge on any atom is 0.160 e. The Morgan fingerprint density at radius 2 is 2.24 bits per heavy atom. The van der Waals surface area contributed by atoms with Gasteiger partial charge in [-0.3, -0.25) is 4.40 Å². The quantitative estimate of drug-likeness (QED) is 0.613. The monoisotopic (exact) mass is 350 g/mol. The Labute approximate surface area is 149 Å². The highest BCUT2D eigenvalue weighted by molar-refractivity contribution is 7.19. The van der Waals surface area contributed by atoms with Crippen LogP contribution in [0.1, 0.15) is 29.6 Å². The molecule has 0 bridgehead atoms. The molecule has 4 heterocycles. The van der Waals surface area contributed by atoms with Crippen LogP contribution >= 0.6 is 11.3 Å². The van der Waals surface area contributed by atoms with Gasteiger partial charge in [0.05, 0.1) is 11.9 Å². The number of nitrogens with zero attached hydrogens (tertiary/aromatic N) is 5. The van der Waals surface area contributed by atoms with Crippen molar-refractivity contribution in [2.75, 3.05) is 5.32 Å². The van der Waals surface area contributed by atoms with E-state index in [4.69, 9.17) is 0 Å². The van der Waals surface area contributed by atoms with Gasteiger partial charge in [-0.1, -0.05) is 13.0 Å². The molecule has 126 valence electrons. The third-order valence-corrected chi connectivity index (χ3v) is 6.05. The van der Waals surface area contributed by atoms with Crippen molar-refractivity contribution in [3.63, 3.8) is 0 Å². The Morgan fingerprint density at radius 1 is 1.28 bits per heavy atom. The maximum absolute atomic E-state index is 4.51. The first-order valence-electron chi connectivity index (χ1n) is 8.57. The number of hydrogen-bond donors (Lipinski definition) is 1. The van der Waals surface area contributed by atoms with E-state index in [9.17, 15) is 0 Å². The van der Waals surface area contributed by atoms with Crippen LogP contribution in [-0.2, 0) is 19.4 Å². The van der Waals surface area contributed by atoms with Crippen molar-refractivity contribution in [3.05, 3.63) is 47.0 Å². The molecule has 0 amide bonds. The topological polar surface area (TPSA) is 68.0 Å². The van der Waals surface area contributed by atoms with Crippen molar-refractivity contribution in [1.29, 1.82) is 0 Å². The zero-order valence-corrected chi connectivity index (χ0v) is 14.8. The molecule has 4 aromatic rings. The van der Waals surface area contributed by atoms with E-state index in [1.807, 2.05) is 40.1 Å². The molecule has 0 radical (unpaired) electrons. The smallest absolute Gasteiger partial charge is 0.160 e. The summed E-state index contributed by atoms with van der Waals surface area (Å²) in [4.78, 5) is 11.6. The van der Waals surface area contributed by atoms with E-state index in [-0.39, 0.29) is 0 Å². The molecule has 0 saturated heterocycles. The number of aromatic nitrogens is 5. The Kier molecular flexibility index (Phi) is 3.41. The molecule has 0 saturated carbocycles. The molecule has 0 unspecified atom stereocenters. The number of anilines is 1. The van der Waals surface area contributed by atoms with Gasteiger partial charge in [0.2, 0.25) is 0 Å². The second kappa shape index (κ2) is 5.77. The lowest BCUT2D eigenvalue weighted by Crippen LogP contribution is -2.10. The number of aryl methyl sites for hydroxylation is 1. The summed E-state index contributed by atoms with van der Waals surface area (Å²) in [5.74, 6) is 2.54. The van der Waals surface area contributed by atoms with E-state index >= 15 is 0 Å². The molecule has 0 aromatic carbocycles. The van der Waals surface area contributed by atoms with Crippen LogP contribution in [0.5, 0.6) is 0 Å². The maximum atomic E-state index is 4.51. The van der Waals surface area contributed by atoms with Gasteiger partial charge in [-0.15, -0.1) is 21.5 Å². The Bertz CT molecular complexity index is 1070. The van der Waals surface area contributed by atoms with Gasteiger partial charge < -0.3 is 5.32 Å². The largest absolute Gasteiger partial charge is 0.362 e. The summed E-state index contributed by atoms with van der Waals surface area (Å²) in [5.41, 5.74) is 2.29. The molecule has 7 heteroatoms. The van der Waals surface area contributed by atoms with E-state index in [0.29, 0.717) is 6.54 Å². The van der Waals surface area contributed by atoms with Crippen molar-refractivity contribution in [2.24, 2.45) is 5.92 Å². The van der Waals surface area contributed by atoms with Gasteiger partial charge >= 0.3 is 0 Å². The lowest BCUT2D eigenvalue weighted by Gasteiger charge is -2.18. The minimum absolute atomic E-state index is 0.582. The first-order chi connectivity index (χ1) is 12.3. The summed E-state index contributed by atoms with van der Waals surface area (Å²) < 4.78 is 2.00. The van der Waals surface area contributed by atoms with Gasteiger partial charge in [0.25, 0.3) is 0 Å². The molecule has 25 heavy (non-hydrogen) atoms. The average molecular weight is 350 g/mol. The Balaban J connectivity index is 1.51. The van der Waals surface area contributed by atoms with E-state index < -0.39 is 0 Å². The standard InChI is InChI=1S/C18H18N6S/c1-11-5-6-12-13(8-11)25-18-16(12)17(20-10-21-18)19-9-15-23-22-14-4-2-3-7-24(14)15/h2-4,7,10-11H,5-6,8-9H2,1H3,(H,19,20,21)/t11-/m0/s1. The van der Waals surface area contributed by atoms with Crippen LogP contribution in [0, 0.1) is 5.92 Å². The number of pyridine rings is 1. The van der Waals surface area contributed by atoms with Gasteiger partial charge in [-0.25, -0.2) is 9.97 Å². The number of hydrogen-bond acceptors (Lipinski definition) is 6. The lowest BCUT2D eigenvalue weighted by atomic mass is 9.89. The predicted molar refractivity (Wildman–Crippen MR) is 98.9 cm³/mol. The minimum Gasteiger partial charge on any atom is -0.362 e. The molecule has 1 atom stereocenters. The fourth-order valence-corrected chi connectivity index (χ4v) is 4.93. The zero-order chi connectivity index (χ0) is 16.8. The first-order valence-corrected chi connectivity index (χ1v) is 9.39. The fraction of sp³-hybridized carbons (Fsp3) is 0.333. The summed E-state index contributed by atoms with van der Waals surface area (Å²) >= 11 is 1.82. The molecule has 6 nitrogen and oxygen atoms in total. The van der Waals surface area contributed by atoms with Gasteiger partial charge in [-0.05, 0) is 42.9 Å². The van der Waals surface area contributed by atoms with Crippen LogP contribution in [0.4, 0.5) is 5.82 Å². The summed E-state index contributed by atoms with van der Waals surface area (Å²) in [7, 11) is 0. The molecule has 1 aliphatic rings. The van der Waals surface area contributed by atoms with Crippen LogP contribution in [-0.4, -0.2) is 24.6 Å². The molecule has 1 N–H and O–H groups in total. The summed E-state index contributed by atoms with van der Waals surface area (Å²) in [5, 5.41) is 13.1. The number of fused-ring (bicyclic) bond motifs is 4. The van der Waals surface area contributed by atoms with Crippen molar-refractivity contribution in [1.82, 2.24) is 24.6 Å². The minimum atomic E-state index is 0.582. The van der Waals surface area contributed by atoms with Crippen molar-refractivity contribution in [3.8, 4) is 0 Å². The molecular weight excluding hydrogens is 332 g/mol. The van der Waals surface area contributed by atoms with E-state index in [0.717, 1.165) is 40.9 Å². The van der Waals surface area contributed by atoms with Gasteiger partial charge in [0.15, 0.2) is 11.5 Å². The van der Waals surface area contributed by atoms with Crippen LogP contribution in [0.15, 0.2) is 30.7 Å². The lowest BCUT2D eigenvalue weighted by molar-refractivity contribution is 0.509. The van der Waals surface area contributed by atoms with Crippen LogP contribution < -0.4 is 5.32 Å². The molecule has 0 fully saturated rings. The first kappa shape index (κ1) is 14.8. The Hall–Kier alpha value is -2.54. The third-order valence-electron chi connectivity index (χ3n) is 4.89. The summed E-state index contributed by atoms with van der Waals surface area (Å²) in [6.07, 6.45) is 7.15. The van der Waals surface area contributed by atoms with Crippen molar-refractivity contribution in [2.45, 2.75) is 32.7 Å². The highest BCUT2D eigenvalue weighted by atomic mass is 32.1. The van der Waals surface area contributed by atoms with Gasteiger partial charge in [0.1, 0.15) is 17.0 Å². The number of thiophene rings is 1. The average Bonchev–Trinajstić information content (AvgIpc) is 3.20. The molecule has 4 aromatic heterocycles. The molecule has 0 spiro atoms. The second-order valence-electron chi connectivity index (χ2n) is 6.65. The molecule has 1 aliphatic carbocycles. The van der Waals surface area contributed by atoms with Crippen molar-refractivity contribution >= 4 is 33.0 Å². The molecule has 5 rings (SSSR count). The van der Waals surface area contributed by atoms with E-state index in [1.54, 1.807) is 6.33 Å². The SMILES string of the molecule is C[C@H]1CCc2c(sc3ncnc(NCc4nnc5ccccn45)c23)C1. The van der Waals surface area contributed by atoms with Crippen molar-refractivity contribution < 1.29 is 0 Å². The van der Waals surface area contributed by atoms with Gasteiger partial charge in [0, 0.05) is 11.1 Å². The highest BCUT2D eigenvalue weighted by Crippen LogP contribution is 2.39. The van der Waals surface area contributed by atoms with Gasteiger partial charge in [-0.2, -0.15) is 0 Å².